The van der Waals surface area contributed by atoms with E-state index in [4.69, 9.17) is 10.5 Å². The van der Waals surface area contributed by atoms with Crippen molar-refractivity contribution in [1.29, 1.82) is 0 Å². The number of nitrogens with one attached hydrogen (secondary N) is 1. The molecule has 5 nitrogen and oxygen atoms in total. The number of aliphatic hydroxyl groups excluding tert-OH is 1. The smallest absolute Gasteiger partial charge is 0.412 e. The molecule has 1 aromatic carbocycles. The molecule has 1 atom stereocenters. The molecule has 1 unspecified atom stereocenters. The molecule has 1 rings (SSSR count). The van der Waals surface area contributed by atoms with Crippen LogP contribution in [0.25, 0.3) is 0 Å². The van der Waals surface area contributed by atoms with E-state index in [1.807, 2.05) is 0 Å². The van der Waals surface area contributed by atoms with Crippen LogP contribution < -0.4 is 11.1 Å². The average Bonchev–Trinajstić information content (AvgIpc) is 2.29. The molecular weight excluding hydrogens is 263 g/mol. The van der Waals surface area contributed by atoms with Gasteiger partial charge in [0.2, 0.25) is 0 Å². The molecule has 0 bridgehead atoms. The summed E-state index contributed by atoms with van der Waals surface area (Å²) in [5.41, 5.74) is 5.32. The summed E-state index contributed by atoms with van der Waals surface area (Å²) in [4.78, 5) is 11.7. The van der Waals surface area contributed by atoms with Crippen LogP contribution in [-0.2, 0) is 4.74 Å². The molecule has 0 aromatic heterocycles. The fraction of sp³-hybridized carbons (Fsp3) is 0.500. The summed E-state index contributed by atoms with van der Waals surface area (Å²) in [6.45, 7) is 5.47. The van der Waals surface area contributed by atoms with E-state index in [2.05, 4.69) is 5.32 Å². The minimum atomic E-state index is -0.944. The predicted molar refractivity (Wildman–Crippen MR) is 74.9 cm³/mol. The van der Waals surface area contributed by atoms with E-state index < -0.39 is 23.6 Å². The van der Waals surface area contributed by atoms with Crippen LogP contribution in [0.3, 0.4) is 0 Å². The summed E-state index contributed by atoms with van der Waals surface area (Å²) in [7, 11) is 0. The molecule has 20 heavy (non-hydrogen) atoms. The largest absolute Gasteiger partial charge is 0.444 e. The van der Waals surface area contributed by atoms with E-state index in [0.29, 0.717) is 5.69 Å². The van der Waals surface area contributed by atoms with Crippen LogP contribution in [0.2, 0.25) is 0 Å². The Morgan fingerprint density at radius 1 is 1.50 bits per heavy atom. The van der Waals surface area contributed by atoms with Crippen molar-refractivity contribution in [1.82, 2.24) is 0 Å². The third kappa shape index (κ3) is 5.14. The molecule has 6 heteroatoms. The van der Waals surface area contributed by atoms with Crippen LogP contribution in [0, 0.1) is 5.82 Å². The Morgan fingerprint density at radius 2 is 2.15 bits per heavy atom. The molecule has 1 aromatic rings. The lowest BCUT2D eigenvalue weighted by Gasteiger charge is -2.21. The molecule has 0 aliphatic rings. The van der Waals surface area contributed by atoms with Gasteiger partial charge >= 0.3 is 6.09 Å². The highest BCUT2D eigenvalue weighted by molar-refractivity contribution is 5.86. The zero-order valence-electron chi connectivity index (χ0n) is 11.9. The number of anilines is 1. The first-order valence-corrected chi connectivity index (χ1v) is 6.40. The Bertz CT molecular complexity index is 472. The van der Waals surface area contributed by atoms with Gasteiger partial charge in [0.25, 0.3) is 0 Å². The topological polar surface area (TPSA) is 84.6 Å². The lowest BCUT2D eigenvalue weighted by molar-refractivity contribution is 0.0635. The predicted octanol–water partition coefficient (Wildman–Crippen LogP) is 2.55. The van der Waals surface area contributed by atoms with Gasteiger partial charge in [0.05, 0.1) is 11.8 Å². The highest BCUT2D eigenvalue weighted by Crippen LogP contribution is 2.26. The second kappa shape index (κ2) is 6.67. The highest BCUT2D eigenvalue weighted by atomic mass is 19.1. The zero-order chi connectivity index (χ0) is 15.3. The fourth-order valence-corrected chi connectivity index (χ4v) is 1.65. The second-order valence-electron chi connectivity index (χ2n) is 5.45. The fourth-order valence-electron chi connectivity index (χ4n) is 1.65. The van der Waals surface area contributed by atoms with Gasteiger partial charge < -0.3 is 15.6 Å². The maximum Gasteiger partial charge on any atom is 0.412 e. The number of benzene rings is 1. The lowest BCUT2D eigenvalue weighted by atomic mass is 10.0. The van der Waals surface area contributed by atoms with Crippen molar-refractivity contribution in [3.63, 3.8) is 0 Å². The van der Waals surface area contributed by atoms with Gasteiger partial charge in [0.15, 0.2) is 0 Å². The van der Waals surface area contributed by atoms with Crippen LogP contribution in [0.4, 0.5) is 14.9 Å². The van der Waals surface area contributed by atoms with E-state index in [9.17, 15) is 14.3 Å². The molecule has 4 N–H and O–H groups in total. The SMILES string of the molecule is CC(C)(C)OC(=O)Nc1ccc(F)cc1C(O)CCN. The van der Waals surface area contributed by atoms with E-state index >= 15 is 0 Å². The second-order valence-corrected chi connectivity index (χ2v) is 5.45. The van der Waals surface area contributed by atoms with Crippen LogP contribution in [0.1, 0.15) is 38.9 Å². The van der Waals surface area contributed by atoms with Gasteiger partial charge in [0, 0.05) is 5.56 Å². The number of aliphatic hydroxyl groups is 1. The van der Waals surface area contributed by atoms with Gasteiger partial charge in [-0.2, -0.15) is 0 Å². The standard InChI is InChI=1S/C14H21FN2O3/c1-14(2,3)20-13(19)17-11-5-4-9(15)8-10(11)12(18)6-7-16/h4-5,8,12,18H,6-7,16H2,1-3H3,(H,17,19). The Kier molecular flexibility index (Phi) is 5.47. The van der Waals surface area contributed by atoms with Gasteiger partial charge in [-0.3, -0.25) is 5.32 Å². The molecular formula is C14H21FN2O3. The lowest BCUT2D eigenvalue weighted by Crippen LogP contribution is -2.27. The Hall–Kier alpha value is -1.66. The Morgan fingerprint density at radius 3 is 2.70 bits per heavy atom. The van der Waals surface area contributed by atoms with E-state index in [1.165, 1.54) is 18.2 Å². The van der Waals surface area contributed by atoms with Crippen LogP contribution in [0.15, 0.2) is 18.2 Å². The monoisotopic (exact) mass is 284 g/mol. The quantitative estimate of drug-likeness (QED) is 0.793. The van der Waals surface area contributed by atoms with Crippen LogP contribution in [0.5, 0.6) is 0 Å². The van der Waals surface area contributed by atoms with E-state index in [-0.39, 0.29) is 18.5 Å². The van der Waals surface area contributed by atoms with Crippen molar-refractivity contribution in [2.45, 2.75) is 38.9 Å². The molecule has 112 valence electrons. The number of ether oxygens (including phenoxy) is 1. The number of carbonyl (C=O) groups is 1. The highest BCUT2D eigenvalue weighted by Gasteiger charge is 2.19. The number of hydrogen-bond donors (Lipinski definition) is 3. The summed E-state index contributed by atoms with van der Waals surface area (Å²) < 4.78 is 18.4. The summed E-state index contributed by atoms with van der Waals surface area (Å²) >= 11 is 0. The third-order valence-electron chi connectivity index (χ3n) is 2.45. The molecule has 0 aliphatic carbocycles. The minimum absolute atomic E-state index is 0.254. The molecule has 0 saturated carbocycles. The first-order valence-electron chi connectivity index (χ1n) is 6.40. The van der Waals surface area contributed by atoms with Crippen molar-refractivity contribution < 1.29 is 19.0 Å². The number of amides is 1. The number of halogens is 1. The van der Waals surface area contributed by atoms with Crippen molar-refractivity contribution in [3.8, 4) is 0 Å². The summed E-state index contributed by atoms with van der Waals surface area (Å²) in [5.74, 6) is -0.495. The molecule has 0 saturated heterocycles. The molecule has 0 radical (unpaired) electrons. The number of rotatable bonds is 4. The van der Waals surface area contributed by atoms with Gasteiger partial charge in [-0.05, 0) is 51.9 Å². The van der Waals surface area contributed by atoms with Crippen molar-refractivity contribution >= 4 is 11.8 Å². The van der Waals surface area contributed by atoms with Gasteiger partial charge in [-0.1, -0.05) is 0 Å². The first-order chi connectivity index (χ1) is 9.23. The van der Waals surface area contributed by atoms with Gasteiger partial charge in [-0.25, -0.2) is 9.18 Å². The van der Waals surface area contributed by atoms with Crippen LogP contribution >= 0.6 is 0 Å². The molecule has 0 spiro atoms. The number of nitrogens with two attached hydrogens (primary N) is 1. The maximum absolute atomic E-state index is 13.3. The average molecular weight is 284 g/mol. The van der Waals surface area contributed by atoms with Crippen LogP contribution in [-0.4, -0.2) is 23.3 Å². The molecule has 0 heterocycles. The number of hydrogen-bond acceptors (Lipinski definition) is 4. The van der Waals surface area contributed by atoms with E-state index in [0.717, 1.165) is 0 Å². The third-order valence-corrected chi connectivity index (χ3v) is 2.45. The van der Waals surface area contributed by atoms with Crippen molar-refractivity contribution in [2.24, 2.45) is 5.73 Å². The zero-order valence-corrected chi connectivity index (χ0v) is 11.9. The van der Waals surface area contributed by atoms with Gasteiger partial charge in [-0.15, -0.1) is 0 Å². The minimum Gasteiger partial charge on any atom is -0.444 e. The molecule has 0 aliphatic heterocycles. The first kappa shape index (κ1) is 16.4. The Labute approximate surface area is 117 Å². The summed E-state index contributed by atoms with van der Waals surface area (Å²) in [6.07, 6.45) is -1.34. The normalized spacial score (nSPS) is 12.9. The van der Waals surface area contributed by atoms with Crippen molar-refractivity contribution in [3.05, 3.63) is 29.6 Å². The summed E-state index contributed by atoms with van der Waals surface area (Å²) in [6, 6.07) is 3.76. The number of carbonyl (C=O) groups excluding carboxylic acids is 1. The molecule has 0 fully saturated rings. The van der Waals surface area contributed by atoms with Gasteiger partial charge in [0.1, 0.15) is 11.4 Å². The van der Waals surface area contributed by atoms with Crippen molar-refractivity contribution in [2.75, 3.05) is 11.9 Å². The van der Waals surface area contributed by atoms with E-state index in [1.54, 1.807) is 20.8 Å². The maximum atomic E-state index is 13.3. The molecule has 1 amide bonds. The summed E-state index contributed by atoms with van der Waals surface area (Å²) in [5, 5.41) is 12.4. The Balaban J connectivity index is 2.91.